The van der Waals surface area contributed by atoms with Crippen molar-refractivity contribution in [2.75, 3.05) is 18.4 Å². The summed E-state index contributed by atoms with van der Waals surface area (Å²) in [5.41, 5.74) is 5.44. The van der Waals surface area contributed by atoms with Gasteiger partial charge in [0.2, 0.25) is 0 Å². The van der Waals surface area contributed by atoms with E-state index >= 15 is 0 Å². The molecule has 1 rings (SSSR count). The molecule has 0 fully saturated rings. The number of anilines is 1. The van der Waals surface area contributed by atoms with E-state index in [2.05, 4.69) is 5.32 Å². The maximum absolute atomic E-state index is 12.9. The van der Waals surface area contributed by atoms with E-state index in [0.717, 1.165) is 24.6 Å². The summed E-state index contributed by atoms with van der Waals surface area (Å²) in [5.74, 6) is -0.893. The van der Waals surface area contributed by atoms with Gasteiger partial charge in [0.25, 0.3) is 0 Å². The van der Waals surface area contributed by atoms with E-state index in [4.69, 9.17) is 5.73 Å². The quantitative estimate of drug-likeness (QED) is 0.703. The van der Waals surface area contributed by atoms with Gasteiger partial charge in [0.1, 0.15) is 11.6 Å². The molecule has 2 nitrogen and oxygen atoms in total. The minimum atomic E-state index is -0.448. The molecule has 3 N–H and O–H groups in total. The Hall–Kier alpha value is -1.16. The molecule has 0 spiro atoms. The van der Waals surface area contributed by atoms with Crippen LogP contribution in [0.1, 0.15) is 6.42 Å². The summed E-state index contributed by atoms with van der Waals surface area (Å²) < 4.78 is 25.6. The van der Waals surface area contributed by atoms with E-state index in [9.17, 15) is 8.78 Å². The fraction of sp³-hybridized carbons (Fsp3) is 0.333. The number of benzene rings is 1. The van der Waals surface area contributed by atoms with Crippen LogP contribution >= 0.6 is 0 Å². The summed E-state index contributed by atoms with van der Waals surface area (Å²) in [6.07, 6.45) is 0.732. The molecule has 0 atom stereocenters. The maximum atomic E-state index is 12.9. The lowest BCUT2D eigenvalue weighted by atomic mass is 10.3. The van der Waals surface area contributed by atoms with Gasteiger partial charge < -0.3 is 11.1 Å². The molecule has 0 aromatic heterocycles. The second-order valence-corrected chi connectivity index (χ2v) is 2.69. The zero-order valence-corrected chi connectivity index (χ0v) is 7.19. The summed E-state index contributed by atoms with van der Waals surface area (Å²) in [4.78, 5) is 0. The van der Waals surface area contributed by atoms with Crippen LogP contribution in [0.5, 0.6) is 0 Å². The molecular formula is C9H12F2N2. The Balaban J connectivity index is 2.59. The van der Waals surface area contributed by atoms with Crippen molar-refractivity contribution in [1.82, 2.24) is 0 Å². The average molecular weight is 186 g/mol. The van der Waals surface area contributed by atoms with Crippen LogP contribution in [-0.4, -0.2) is 13.1 Å². The number of rotatable bonds is 4. The highest BCUT2D eigenvalue weighted by Crippen LogP contribution is 2.14. The third kappa shape index (κ3) is 2.99. The Morgan fingerprint density at radius 2 is 2.08 bits per heavy atom. The third-order valence-electron chi connectivity index (χ3n) is 1.62. The molecule has 72 valence electrons. The van der Waals surface area contributed by atoms with Crippen molar-refractivity contribution in [3.63, 3.8) is 0 Å². The van der Waals surface area contributed by atoms with Gasteiger partial charge in [0, 0.05) is 6.54 Å². The molecule has 0 aliphatic heterocycles. The topological polar surface area (TPSA) is 38.0 Å². The predicted molar refractivity (Wildman–Crippen MR) is 48.5 cm³/mol. The second-order valence-electron chi connectivity index (χ2n) is 2.69. The van der Waals surface area contributed by atoms with Gasteiger partial charge in [0.05, 0.1) is 5.69 Å². The zero-order valence-electron chi connectivity index (χ0n) is 7.19. The Bertz CT molecular complexity index is 276. The van der Waals surface area contributed by atoms with Gasteiger partial charge in [-0.2, -0.15) is 0 Å². The molecule has 0 aliphatic carbocycles. The highest BCUT2D eigenvalue weighted by atomic mass is 19.1. The first-order valence-corrected chi connectivity index (χ1v) is 4.13. The second kappa shape index (κ2) is 4.77. The number of nitrogens with one attached hydrogen (secondary N) is 1. The smallest absolute Gasteiger partial charge is 0.146 e. The number of halogens is 2. The summed E-state index contributed by atoms with van der Waals surface area (Å²) in [5, 5.41) is 2.76. The molecule has 0 bridgehead atoms. The van der Waals surface area contributed by atoms with Crippen molar-refractivity contribution in [3.05, 3.63) is 29.8 Å². The minimum Gasteiger partial charge on any atom is -0.383 e. The van der Waals surface area contributed by atoms with Crippen molar-refractivity contribution in [2.45, 2.75) is 6.42 Å². The average Bonchev–Trinajstić information content (AvgIpc) is 2.11. The van der Waals surface area contributed by atoms with E-state index in [1.807, 2.05) is 0 Å². The number of hydrogen-bond acceptors (Lipinski definition) is 2. The lowest BCUT2D eigenvalue weighted by Crippen LogP contribution is -2.09. The van der Waals surface area contributed by atoms with Gasteiger partial charge in [-0.3, -0.25) is 0 Å². The first-order valence-electron chi connectivity index (χ1n) is 4.13. The van der Waals surface area contributed by atoms with E-state index in [1.165, 1.54) is 0 Å². The van der Waals surface area contributed by atoms with Crippen molar-refractivity contribution in [2.24, 2.45) is 5.73 Å². The van der Waals surface area contributed by atoms with Crippen LogP contribution in [0.15, 0.2) is 18.2 Å². The SMILES string of the molecule is NCCCNc1cc(F)ccc1F. The fourth-order valence-corrected chi connectivity index (χ4v) is 0.958. The van der Waals surface area contributed by atoms with Crippen LogP contribution in [0.25, 0.3) is 0 Å². The van der Waals surface area contributed by atoms with Crippen molar-refractivity contribution in [1.29, 1.82) is 0 Å². The number of hydrogen-bond donors (Lipinski definition) is 2. The van der Waals surface area contributed by atoms with Gasteiger partial charge in [-0.25, -0.2) is 8.78 Å². The summed E-state index contributed by atoms with van der Waals surface area (Å²) >= 11 is 0. The molecule has 0 amide bonds. The lowest BCUT2D eigenvalue weighted by molar-refractivity contribution is 0.602. The Morgan fingerprint density at radius 1 is 1.31 bits per heavy atom. The molecule has 0 aliphatic rings. The van der Waals surface area contributed by atoms with Crippen molar-refractivity contribution in [3.8, 4) is 0 Å². The molecule has 1 aromatic carbocycles. The molecule has 4 heteroatoms. The van der Waals surface area contributed by atoms with Gasteiger partial charge in [-0.05, 0) is 31.2 Å². The summed E-state index contributed by atoms with van der Waals surface area (Å²) in [7, 11) is 0. The standard InChI is InChI=1S/C9H12F2N2/c10-7-2-3-8(11)9(6-7)13-5-1-4-12/h2-3,6,13H,1,4-5,12H2. The normalized spacial score (nSPS) is 10.1. The minimum absolute atomic E-state index is 0.188. The van der Waals surface area contributed by atoms with Crippen LogP contribution in [0.4, 0.5) is 14.5 Å². The summed E-state index contributed by atoms with van der Waals surface area (Å²) in [6, 6.07) is 3.31. The molecule has 0 unspecified atom stereocenters. The molecule has 0 heterocycles. The predicted octanol–water partition coefficient (Wildman–Crippen LogP) is 1.73. The Morgan fingerprint density at radius 3 is 2.77 bits per heavy atom. The zero-order chi connectivity index (χ0) is 9.68. The van der Waals surface area contributed by atoms with Crippen LogP contribution < -0.4 is 11.1 Å². The first-order chi connectivity index (χ1) is 6.24. The highest BCUT2D eigenvalue weighted by molar-refractivity contribution is 5.44. The van der Waals surface area contributed by atoms with Gasteiger partial charge >= 0.3 is 0 Å². The Kier molecular flexibility index (Phi) is 3.64. The van der Waals surface area contributed by atoms with E-state index in [0.29, 0.717) is 13.1 Å². The van der Waals surface area contributed by atoms with Crippen molar-refractivity contribution >= 4 is 5.69 Å². The van der Waals surface area contributed by atoms with Crippen molar-refractivity contribution < 1.29 is 8.78 Å². The van der Waals surface area contributed by atoms with E-state index in [-0.39, 0.29) is 5.69 Å². The molecule has 13 heavy (non-hydrogen) atoms. The molecule has 0 saturated carbocycles. The molecular weight excluding hydrogens is 174 g/mol. The van der Waals surface area contributed by atoms with Crippen LogP contribution in [0.2, 0.25) is 0 Å². The van der Waals surface area contributed by atoms with Crippen LogP contribution in [-0.2, 0) is 0 Å². The monoisotopic (exact) mass is 186 g/mol. The van der Waals surface area contributed by atoms with Crippen LogP contribution in [0, 0.1) is 11.6 Å². The lowest BCUT2D eigenvalue weighted by Gasteiger charge is -2.06. The van der Waals surface area contributed by atoms with Gasteiger partial charge in [-0.1, -0.05) is 0 Å². The fourth-order valence-electron chi connectivity index (χ4n) is 0.958. The third-order valence-corrected chi connectivity index (χ3v) is 1.62. The van der Waals surface area contributed by atoms with E-state index < -0.39 is 11.6 Å². The maximum Gasteiger partial charge on any atom is 0.146 e. The summed E-state index contributed by atoms with van der Waals surface area (Å²) in [6.45, 7) is 1.08. The Labute approximate surface area is 75.7 Å². The molecule has 0 saturated heterocycles. The van der Waals surface area contributed by atoms with Gasteiger partial charge in [-0.15, -0.1) is 0 Å². The first kappa shape index (κ1) is 9.92. The van der Waals surface area contributed by atoms with Crippen LogP contribution in [0.3, 0.4) is 0 Å². The highest BCUT2D eigenvalue weighted by Gasteiger charge is 2.01. The number of nitrogens with two attached hydrogens (primary N) is 1. The molecule has 1 aromatic rings. The van der Waals surface area contributed by atoms with E-state index in [1.54, 1.807) is 0 Å². The van der Waals surface area contributed by atoms with Gasteiger partial charge in [0.15, 0.2) is 0 Å². The molecule has 0 radical (unpaired) electrons. The largest absolute Gasteiger partial charge is 0.383 e.